The third kappa shape index (κ3) is 3.32. The molecule has 110 valence electrons. The minimum Gasteiger partial charge on any atom is -0.396 e. The highest BCUT2D eigenvalue weighted by molar-refractivity contribution is 7.18. The molecule has 2 aromatic rings. The van der Waals surface area contributed by atoms with Gasteiger partial charge in [0, 0.05) is 32.5 Å². The molecule has 0 unspecified atom stereocenters. The summed E-state index contributed by atoms with van der Waals surface area (Å²) in [5.41, 5.74) is 6.42. The molecule has 8 heteroatoms. The predicted molar refractivity (Wildman–Crippen MR) is 82.2 cm³/mol. The van der Waals surface area contributed by atoms with Gasteiger partial charge in [-0.05, 0) is 6.42 Å². The van der Waals surface area contributed by atoms with Gasteiger partial charge in [0.2, 0.25) is 0 Å². The van der Waals surface area contributed by atoms with E-state index in [0.29, 0.717) is 22.0 Å². The van der Waals surface area contributed by atoms with E-state index in [4.69, 9.17) is 11.0 Å². The third-order valence-corrected chi connectivity index (χ3v) is 4.09. The first-order valence-electron chi connectivity index (χ1n) is 6.41. The Kier molecular flexibility index (Phi) is 4.79. The number of aryl methyl sites for hydroxylation is 1. The fraction of sp³-hybridized carbons (Fsp3) is 0.308. The van der Waals surface area contributed by atoms with Gasteiger partial charge in [-0.1, -0.05) is 0 Å². The van der Waals surface area contributed by atoms with Crippen LogP contribution in [0.3, 0.4) is 0 Å². The Balaban J connectivity index is 1.99. The summed E-state index contributed by atoms with van der Waals surface area (Å²) in [5.74, 6) is -0.277. The second kappa shape index (κ2) is 6.76. The maximum atomic E-state index is 11.7. The van der Waals surface area contributed by atoms with Gasteiger partial charge in [0.25, 0.3) is 5.91 Å². The minimum absolute atomic E-state index is 0.235. The van der Waals surface area contributed by atoms with Gasteiger partial charge in [0.15, 0.2) is 0 Å². The zero-order chi connectivity index (χ0) is 15.2. The Bertz CT molecular complexity index is 655. The molecule has 2 heterocycles. The fourth-order valence-corrected chi connectivity index (χ4v) is 2.89. The highest BCUT2D eigenvalue weighted by Gasteiger charge is 2.19. The molecular weight excluding hydrogens is 288 g/mol. The zero-order valence-electron chi connectivity index (χ0n) is 11.6. The van der Waals surface area contributed by atoms with Crippen molar-refractivity contribution in [3.63, 3.8) is 0 Å². The second-order valence-corrected chi connectivity index (χ2v) is 5.34. The third-order valence-electron chi connectivity index (χ3n) is 2.93. The van der Waals surface area contributed by atoms with Crippen molar-refractivity contribution in [3.8, 4) is 6.07 Å². The first kappa shape index (κ1) is 14.9. The number of nitrogens with one attached hydrogen (secondary N) is 2. The molecule has 0 bridgehead atoms. The van der Waals surface area contributed by atoms with Crippen LogP contribution in [0.2, 0.25) is 0 Å². The van der Waals surface area contributed by atoms with E-state index in [9.17, 15) is 4.79 Å². The number of nitrogens with zero attached hydrogens (tertiary/aromatic N) is 3. The lowest BCUT2D eigenvalue weighted by atomic mass is 10.2. The molecule has 4 N–H and O–H groups in total. The highest BCUT2D eigenvalue weighted by Crippen LogP contribution is 2.34. The highest BCUT2D eigenvalue weighted by atomic mass is 32.1. The van der Waals surface area contributed by atoms with Crippen LogP contribution in [0.25, 0.3) is 0 Å². The second-order valence-electron chi connectivity index (χ2n) is 4.32. The Morgan fingerprint density at radius 1 is 1.62 bits per heavy atom. The lowest BCUT2D eigenvalue weighted by Crippen LogP contribution is -2.17. The minimum atomic E-state index is -0.277. The van der Waals surface area contributed by atoms with E-state index >= 15 is 0 Å². The summed E-state index contributed by atoms with van der Waals surface area (Å²) in [6, 6.07) is 2.05. The monoisotopic (exact) mass is 304 g/mol. The number of imidazole rings is 1. The van der Waals surface area contributed by atoms with E-state index in [-0.39, 0.29) is 11.6 Å². The van der Waals surface area contributed by atoms with Gasteiger partial charge in [0.05, 0.1) is 12.0 Å². The van der Waals surface area contributed by atoms with Gasteiger partial charge < -0.3 is 20.9 Å². The number of carbonyl (C=O) groups is 1. The van der Waals surface area contributed by atoms with Crippen LogP contribution in [0.1, 0.15) is 21.7 Å². The number of hydrogen-bond donors (Lipinski definition) is 3. The first-order chi connectivity index (χ1) is 10.2. The van der Waals surface area contributed by atoms with Crippen LogP contribution in [-0.2, 0) is 6.54 Å². The molecule has 0 atom stereocenters. The van der Waals surface area contributed by atoms with E-state index in [1.54, 1.807) is 12.5 Å². The standard InChI is InChI=1S/C13H16N6OS/c1-16-12(20)11-10(15)9(7-14)13(21-11)18-3-2-5-19-6-4-17-8-19/h4,6,8,18H,2-3,5,15H2,1H3,(H,16,20). The Morgan fingerprint density at radius 2 is 2.43 bits per heavy atom. The van der Waals surface area contributed by atoms with Crippen LogP contribution in [0, 0.1) is 11.3 Å². The molecule has 2 aromatic heterocycles. The number of hydrogen-bond acceptors (Lipinski definition) is 6. The number of anilines is 2. The molecule has 0 fully saturated rings. The number of carbonyl (C=O) groups excluding carboxylic acids is 1. The topological polar surface area (TPSA) is 109 Å². The summed E-state index contributed by atoms with van der Waals surface area (Å²) in [6.07, 6.45) is 6.26. The van der Waals surface area contributed by atoms with Crippen LogP contribution in [0.5, 0.6) is 0 Å². The molecule has 0 saturated heterocycles. The van der Waals surface area contributed by atoms with Crippen molar-refractivity contribution in [2.45, 2.75) is 13.0 Å². The summed E-state index contributed by atoms with van der Waals surface area (Å²) < 4.78 is 1.98. The molecule has 0 aliphatic carbocycles. The normalized spacial score (nSPS) is 10.1. The Hall–Kier alpha value is -2.53. The molecule has 0 aliphatic rings. The van der Waals surface area contributed by atoms with Gasteiger partial charge in [-0.3, -0.25) is 4.79 Å². The SMILES string of the molecule is CNC(=O)c1sc(NCCCn2ccnc2)c(C#N)c1N. The van der Waals surface area contributed by atoms with Gasteiger partial charge >= 0.3 is 0 Å². The number of thiophene rings is 1. The Morgan fingerprint density at radius 3 is 3.05 bits per heavy atom. The lowest BCUT2D eigenvalue weighted by molar-refractivity contribution is 0.0968. The van der Waals surface area contributed by atoms with Crippen LogP contribution in [0.15, 0.2) is 18.7 Å². The van der Waals surface area contributed by atoms with Crippen molar-refractivity contribution in [2.75, 3.05) is 24.6 Å². The lowest BCUT2D eigenvalue weighted by Gasteiger charge is -2.05. The molecule has 0 aliphatic heterocycles. The average molecular weight is 304 g/mol. The van der Waals surface area contributed by atoms with Crippen molar-refractivity contribution < 1.29 is 4.79 Å². The number of nitrogen functional groups attached to an aromatic ring is 1. The summed E-state index contributed by atoms with van der Waals surface area (Å²) in [5, 5.41) is 15.5. The van der Waals surface area contributed by atoms with Crippen molar-refractivity contribution in [3.05, 3.63) is 29.2 Å². The first-order valence-corrected chi connectivity index (χ1v) is 7.23. The molecule has 21 heavy (non-hydrogen) atoms. The molecular formula is C13H16N6OS. The number of aromatic nitrogens is 2. The van der Waals surface area contributed by atoms with Gasteiger partial charge in [-0.15, -0.1) is 11.3 Å². The van der Waals surface area contributed by atoms with Crippen molar-refractivity contribution in [2.24, 2.45) is 0 Å². The van der Waals surface area contributed by atoms with Crippen LogP contribution < -0.4 is 16.4 Å². The predicted octanol–water partition coefficient (Wildman–Crippen LogP) is 1.26. The number of rotatable bonds is 6. The van der Waals surface area contributed by atoms with Crippen molar-refractivity contribution >= 4 is 27.9 Å². The van der Waals surface area contributed by atoms with Crippen LogP contribution in [0.4, 0.5) is 10.7 Å². The molecule has 0 radical (unpaired) electrons. The largest absolute Gasteiger partial charge is 0.396 e. The zero-order valence-corrected chi connectivity index (χ0v) is 12.4. The average Bonchev–Trinajstić information content (AvgIpc) is 3.10. The summed E-state index contributed by atoms with van der Waals surface area (Å²) in [4.78, 5) is 16.0. The molecule has 2 rings (SSSR count). The van der Waals surface area contributed by atoms with Crippen LogP contribution >= 0.6 is 11.3 Å². The van der Waals surface area contributed by atoms with Crippen LogP contribution in [-0.4, -0.2) is 29.1 Å². The van der Waals surface area contributed by atoms with Gasteiger partial charge in [-0.25, -0.2) is 4.98 Å². The van der Waals surface area contributed by atoms with E-state index in [1.807, 2.05) is 16.8 Å². The summed E-state index contributed by atoms with van der Waals surface area (Å²) >= 11 is 1.20. The molecule has 0 spiro atoms. The number of nitrogens with two attached hydrogens (primary N) is 1. The Labute approximate surface area is 126 Å². The summed E-state index contributed by atoms with van der Waals surface area (Å²) in [7, 11) is 1.53. The van der Waals surface area contributed by atoms with Crippen molar-refractivity contribution in [1.82, 2.24) is 14.9 Å². The fourth-order valence-electron chi connectivity index (χ4n) is 1.84. The quantitative estimate of drug-likeness (QED) is 0.696. The summed E-state index contributed by atoms with van der Waals surface area (Å²) in [6.45, 7) is 1.51. The maximum Gasteiger partial charge on any atom is 0.263 e. The van der Waals surface area contributed by atoms with E-state index < -0.39 is 0 Å². The smallest absolute Gasteiger partial charge is 0.263 e. The number of nitriles is 1. The maximum absolute atomic E-state index is 11.7. The molecule has 0 saturated carbocycles. The number of amides is 1. The van der Waals surface area contributed by atoms with Crippen molar-refractivity contribution in [1.29, 1.82) is 5.26 Å². The molecule has 0 aromatic carbocycles. The molecule has 1 amide bonds. The van der Waals surface area contributed by atoms with Gasteiger partial charge in [-0.2, -0.15) is 5.26 Å². The van der Waals surface area contributed by atoms with E-state index in [1.165, 1.54) is 18.4 Å². The van der Waals surface area contributed by atoms with E-state index in [2.05, 4.69) is 15.6 Å². The van der Waals surface area contributed by atoms with Gasteiger partial charge in [0.1, 0.15) is 21.5 Å². The molecule has 7 nitrogen and oxygen atoms in total. The van der Waals surface area contributed by atoms with E-state index in [0.717, 1.165) is 13.0 Å².